The standard InChI is InChI=1S/C16H15ClN4O5S/c1-9(22)15(16(24)19-12-5-3-2-4-11(12)17)21-20-13-8-10(27(18,25)26)6-7-14(13)23/h2-8,15,23H,1H3,(H,19,24)(H2,18,25,26). The third-order valence-corrected chi connectivity index (χ3v) is 4.56. The lowest BCUT2D eigenvalue weighted by molar-refractivity contribution is -0.126. The highest BCUT2D eigenvalue weighted by Crippen LogP contribution is 2.29. The van der Waals surface area contributed by atoms with Gasteiger partial charge in [-0.25, -0.2) is 13.6 Å². The number of hydrogen-bond donors (Lipinski definition) is 3. The summed E-state index contributed by atoms with van der Waals surface area (Å²) < 4.78 is 22.8. The molecule has 1 amide bonds. The zero-order valence-corrected chi connectivity index (χ0v) is 15.5. The number of nitrogens with two attached hydrogens (primary N) is 1. The van der Waals surface area contributed by atoms with Gasteiger partial charge in [0.05, 0.1) is 15.6 Å². The Kier molecular flexibility index (Phi) is 6.26. The number of sulfonamides is 1. The number of halogens is 1. The van der Waals surface area contributed by atoms with Crippen LogP contribution in [-0.4, -0.2) is 31.3 Å². The summed E-state index contributed by atoms with van der Waals surface area (Å²) in [7, 11) is -4.03. The van der Waals surface area contributed by atoms with E-state index in [1.54, 1.807) is 18.2 Å². The fraction of sp³-hybridized carbons (Fsp3) is 0.125. The van der Waals surface area contributed by atoms with Crippen LogP contribution in [0.15, 0.2) is 57.6 Å². The van der Waals surface area contributed by atoms with Crippen molar-refractivity contribution in [1.29, 1.82) is 0 Å². The number of carbonyl (C=O) groups is 2. The number of hydrogen-bond acceptors (Lipinski definition) is 7. The fourth-order valence-electron chi connectivity index (χ4n) is 1.96. The number of nitrogens with zero attached hydrogens (tertiary/aromatic N) is 2. The minimum absolute atomic E-state index is 0.265. The van der Waals surface area contributed by atoms with E-state index in [-0.39, 0.29) is 21.3 Å². The molecule has 9 nitrogen and oxygen atoms in total. The van der Waals surface area contributed by atoms with Gasteiger partial charge in [-0.2, -0.15) is 10.2 Å². The maximum absolute atomic E-state index is 12.3. The molecule has 0 saturated carbocycles. The lowest BCUT2D eigenvalue weighted by Gasteiger charge is -2.10. The zero-order chi connectivity index (χ0) is 20.2. The van der Waals surface area contributed by atoms with Crippen LogP contribution in [0.3, 0.4) is 0 Å². The molecule has 2 aromatic carbocycles. The number of ketones is 1. The molecule has 27 heavy (non-hydrogen) atoms. The van der Waals surface area contributed by atoms with Crippen molar-refractivity contribution in [2.45, 2.75) is 17.9 Å². The quantitative estimate of drug-likeness (QED) is 0.493. The van der Waals surface area contributed by atoms with Crippen molar-refractivity contribution in [3.8, 4) is 5.75 Å². The minimum atomic E-state index is -4.03. The number of carbonyl (C=O) groups excluding carboxylic acids is 2. The van der Waals surface area contributed by atoms with Gasteiger partial charge in [0.2, 0.25) is 16.1 Å². The SMILES string of the molecule is CC(=O)C(N=Nc1cc(S(N)(=O)=O)ccc1O)C(=O)Nc1ccccc1Cl. The number of nitrogens with one attached hydrogen (secondary N) is 1. The number of phenols is 1. The molecule has 2 rings (SSSR count). The maximum Gasteiger partial charge on any atom is 0.258 e. The molecule has 0 spiro atoms. The molecule has 0 aliphatic carbocycles. The van der Waals surface area contributed by atoms with Gasteiger partial charge in [0.1, 0.15) is 11.4 Å². The number of aromatic hydroxyl groups is 1. The molecular weight excluding hydrogens is 396 g/mol. The Hall–Kier alpha value is -2.82. The van der Waals surface area contributed by atoms with Crippen LogP contribution in [0.1, 0.15) is 6.92 Å². The topological polar surface area (TPSA) is 151 Å². The Bertz CT molecular complexity index is 1020. The first-order valence-electron chi connectivity index (χ1n) is 7.42. The highest BCUT2D eigenvalue weighted by molar-refractivity contribution is 7.89. The predicted octanol–water partition coefficient (Wildman–Crippen LogP) is 2.37. The van der Waals surface area contributed by atoms with Gasteiger partial charge in [0.25, 0.3) is 5.91 Å². The largest absolute Gasteiger partial charge is 0.506 e. The lowest BCUT2D eigenvalue weighted by Crippen LogP contribution is -2.31. The summed E-state index contributed by atoms with van der Waals surface area (Å²) >= 11 is 5.95. The molecule has 0 aliphatic rings. The Morgan fingerprint density at radius 2 is 1.89 bits per heavy atom. The third kappa shape index (κ3) is 5.33. The van der Waals surface area contributed by atoms with E-state index in [2.05, 4.69) is 15.5 Å². The highest BCUT2D eigenvalue weighted by Gasteiger charge is 2.24. The van der Waals surface area contributed by atoms with E-state index in [1.807, 2.05) is 0 Å². The van der Waals surface area contributed by atoms with Gasteiger partial charge in [0.15, 0.2) is 5.78 Å². The summed E-state index contributed by atoms with van der Waals surface area (Å²) in [4.78, 5) is 23.8. The number of benzene rings is 2. The first kappa shape index (κ1) is 20.5. The van der Waals surface area contributed by atoms with Gasteiger partial charge >= 0.3 is 0 Å². The molecule has 1 atom stereocenters. The normalized spacial score (nSPS) is 12.7. The third-order valence-electron chi connectivity index (χ3n) is 3.32. The second-order valence-electron chi connectivity index (χ2n) is 5.39. The summed E-state index contributed by atoms with van der Waals surface area (Å²) in [5, 5.41) is 24.8. The van der Waals surface area contributed by atoms with Crippen LogP contribution in [0.25, 0.3) is 0 Å². The predicted molar refractivity (Wildman–Crippen MR) is 98.5 cm³/mol. The molecule has 0 bridgehead atoms. The van der Waals surface area contributed by atoms with Gasteiger partial charge < -0.3 is 10.4 Å². The van der Waals surface area contributed by atoms with Crippen molar-refractivity contribution in [3.05, 3.63) is 47.5 Å². The van der Waals surface area contributed by atoms with Gasteiger partial charge in [0, 0.05) is 0 Å². The van der Waals surface area contributed by atoms with E-state index in [4.69, 9.17) is 16.7 Å². The summed E-state index contributed by atoms with van der Waals surface area (Å²) in [6.45, 7) is 1.14. The molecule has 4 N–H and O–H groups in total. The Balaban J connectivity index is 2.30. The molecule has 0 aromatic heterocycles. The van der Waals surface area contributed by atoms with Crippen LogP contribution in [0.2, 0.25) is 5.02 Å². The van der Waals surface area contributed by atoms with E-state index in [9.17, 15) is 23.1 Å². The molecule has 0 aliphatic heterocycles. The molecule has 11 heteroatoms. The average Bonchev–Trinajstić information content (AvgIpc) is 2.57. The van der Waals surface area contributed by atoms with Crippen LogP contribution in [0, 0.1) is 0 Å². The first-order chi connectivity index (χ1) is 12.6. The van der Waals surface area contributed by atoms with Crippen LogP contribution in [-0.2, 0) is 19.6 Å². The second kappa shape index (κ2) is 8.25. The summed E-state index contributed by atoms with van der Waals surface area (Å²) in [5.41, 5.74) is 0.0167. The summed E-state index contributed by atoms with van der Waals surface area (Å²) in [5.74, 6) is -1.81. The number of phenolic OH excluding ortho intramolecular Hbond substituents is 1. The van der Waals surface area contributed by atoms with Crippen LogP contribution < -0.4 is 10.5 Å². The maximum atomic E-state index is 12.3. The van der Waals surface area contributed by atoms with Crippen molar-refractivity contribution in [2.75, 3.05) is 5.32 Å². The second-order valence-corrected chi connectivity index (χ2v) is 7.36. The van der Waals surface area contributed by atoms with E-state index in [0.29, 0.717) is 0 Å². The number of azo groups is 1. The highest BCUT2D eigenvalue weighted by atomic mass is 35.5. The number of rotatable bonds is 6. The number of Topliss-reactive ketones (excluding diaryl/α,β-unsaturated/α-hetero) is 1. The summed E-state index contributed by atoms with van der Waals surface area (Å²) in [6, 6.07) is 7.98. The average molecular weight is 411 g/mol. The van der Waals surface area contributed by atoms with E-state index in [0.717, 1.165) is 25.1 Å². The molecular formula is C16H15ClN4O5S. The van der Waals surface area contributed by atoms with E-state index >= 15 is 0 Å². The monoisotopic (exact) mass is 410 g/mol. The van der Waals surface area contributed by atoms with Crippen molar-refractivity contribution < 1.29 is 23.1 Å². The molecule has 2 aromatic rings. The van der Waals surface area contributed by atoms with Crippen molar-refractivity contribution >= 4 is 44.7 Å². The fourth-order valence-corrected chi connectivity index (χ4v) is 2.68. The molecule has 1 unspecified atom stereocenters. The zero-order valence-electron chi connectivity index (χ0n) is 14.0. The van der Waals surface area contributed by atoms with E-state index in [1.165, 1.54) is 6.07 Å². The van der Waals surface area contributed by atoms with Gasteiger partial charge in [-0.1, -0.05) is 23.7 Å². The Morgan fingerprint density at radius 1 is 1.22 bits per heavy atom. The van der Waals surface area contributed by atoms with Crippen LogP contribution in [0.4, 0.5) is 11.4 Å². The Morgan fingerprint density at radius 3 is 2.48 bits per heavy atom. The molecule has 0 fully saturated rings. The number of amides is 1. The molecule has 142 valence electrons. The van der Waals surface area contributed by atoms with Crippen molar-refractivity contribution in [2.24, 2.45) is 15.4 Å². The van der Waals surface area contributed by atoms with Crippen LogP contribution >= 0.6 is 11.6 Å². The first-order valence-corrected chi connectivity index (χ1v) is 9.34. The lowest BCUT2D eigenvalue weighted by atomic mass is 10.2. The molecule has 0 radical (unpaired) electrons. The molecule has 0 saturated heterocycles. The van der Waals surface area contributed by atoms with Gasteiger partial charge in [-0.15, -0.1) is 0 Å². The van der Waals surface area contributed by atoms with E-state index < -0.39 is 33.5 Å². The van der Waals surface area contributed by atoms with Crippen molar-refractivity contribution in [3.63, 3.8) is 0 Å². The number of para-hydroxylation sites is 1. The molecule has 0 heterocycles. The van der Waals surface area contributed by atoms with Crippen LogP contribution in [0.5, 0.6) is 5.75 Å². The minimum Gasteiger partial charge on any atom is -0.506 e. The number of primary sulfonamides is 1. The van der Waals surface area contributed by atoms with Crippen molar-refractivity contribution in [1.82, 2.24) is 0 Å². The van der Waals surface area contributed by atoms with Gasteiger partial charge in [-0.05, 0) is 37.3 Å². The summed E-state index contributed by atoms with van der Waals surface area (Å²) in [6.07, 6.45) is 0. The Labute approximate surface area is 159 Å². The number of anilines is 1. The van der Waals surface area contributed by atoms with Gasteiger partial charge in [-0.3, -0.25) is 9.59 Å². The smallest absolute Gasteiger partial charge is 0.258 e.